The average molecular weight is 261 g/mol. The lowest BCUT2D eigenvalue weighted by Crippen LogP contribution is -2.41. The molecule has 0 bridgehead atoms. The zero-order valence-corrected chi connectivity index (χ0v) is 11.7. The van der Waals surface area contributed by atoms with Gasteiger partial charge in [0.15, 0.2) is 0 Å². The Balaban J connectivity index is 1.66. The number of aryl methyl sites for hydroxylation is 1. The van der Waals surface area contributed by atoms with Crippen molar-refractivity contribution >= 4 is 5.91 Å². The van der Waals surface area contributed by atoms with Crippen LogP contribution < -0.4 is 5.32 Å². The average Bonchev–Trinajstić information content (AvgIpc) is 2.81. The van der Waals surface area contributed by atoms with Crippen LogP contribution in [0, 0.1) is 5.41 Å². The summed E-state index contributed by atoms with van der Waals surface area (Å²) in [4.78, 5) is 12.3. The second kappa shape index (κ2) is 4.99. The van der Waals surface area contributed by atoms with E-state index in [0.717, 1.165) is 30.8 Å². The zero-order valence-electron chi connectivity index (χ0n) is 11.7. The van der Waals surface area contributed by atoms with Gasteiger partial charge in [0.2, 0.25) is 0 Å². The van der Waals surface area contributed by atoms with Crippen molar-refractivity contribution in [3.05, 3.63) is 17.5 Å². The molecule has 1 aliphatic carbocycles. The van der Waals surface area contributed by atoms with E-state index in [1.807, 2.05) is 4.68 Å². The molecule has 3 rings (SSSR count). The molecule has 2 heterocycles. The van der Waals surface area contributed by atoms with Crippen LogP contribution in [0.25, 0.3) is 0 Å². The quantitative estimate of drug-likeness (QED) is 0.905. The smallest absolute Gasteiger partial charge is 0.254 e. The molecular formula is C15H23N3O. The van der Waals surface area contributed by atoms with Gasteiger partial charge in [0.25, 0.3) is 5.91 Å². The van der Waals surface area contributed by atoms with Crippen molar-refractivity contribution < 1.29 is 4.79 Å². The zero-order chi connectivity index (χ0) is 13.3. The van der Waals surface area contributed by atoms with E-state index in [0.29, 0.717) is 5.41 Å². The van der Waals surface area contributed by atoms with Gasteiger partial charge in [-0.3, -0.25) is 9.48 Å². The Morgan fingerprint density at radius 2 is 2.26 bits per heavy atom. The summed E-state index contributed by atoms with van der Waals surface area (Å²) in [6.07, 6.45) is 10.1. The summed E-state index contributed by atoms with van der Waals surface area (Å²) in [7, 11) is 0. The molecule has 1 fully saturated rings. The Kier molecular flexibility index (Phi) is 3.33. The maximum Gasteiger partial charge on any atom is 0.254 e. The first-order valence-corrected chi connectivity index (χ1v) is 7.57. The predicted octanol–water partition coefficient (Wildman–Crippen LogP) is 2.53. The molecule has 4 nitrogen and oxygen atoms in total. The van der Waals surface area contributed by atoms with E-state index in [4.69, 9.17) is 0 Å². The van der Waals surface area contributed by atoms with E-state index in [1.165, 1.54) is 38.5 Å². The maximum absolute atomic E-state index is 12.3. The molecule has 0 atom stereocenters. The molecule has 1 amide bonds. The van der Waals surface area contributed by atoms with Crippen molar-refractivity contribution in [2.24, 2.45) is 5.41 Å². The lowest BCUT2D eigenvalue weighted by molar-refractivity contribution is 0.0849. The summed E-state index contributed by atoms with van der Waals surface area (Å²) >= 11 is 0. The highest BCUT2D eigenvalue weighted by molar-refractivity contribution is 5.95. The number of aromatic nitrogens is 2. The van der Waals surface area contributed by atoms with Crippen molar-refractivity contribution in [1.29, 1.82) is 0 Å². The molecule has 1 aromatic heterocycles. The minimum Gasteiger partial charge on any atom is -0.351 e. The number of hydrogen-bond donors (Lipinski definition) is 1. The first-order chi connectivity index (χ1) is 9.24. The Labute approximate surface area is 114 Å². The van der Waals surface area contributed by atoms with Gasteiger partial charge >= 0.3 is 0 Å². The van der Waals surface area contributed by atoms with Crippen molar-refractivity contribution in [2.75, 3.05) is 6.54 Å². The lowest BCUT2D eigenvalue weighted by atomic mass is 9.67. The van der Waals surface area contributed by atoms with Gasteiger partial charge in [-0.15, -0.1) is 0 Å². The summed E-state index contributed by atoms with van der Waals surface area (Å²) in [6.45, 7) is 4.02. The molecular weight excluding hydrogens is 238 g/mol. The van der Waals surface area contributed by atoms with E-state index in [9.17, 15) is 4.79 Å². The highest BCUT2D eigenvalue weighted by atomic mass is 16.1. The number of hydrogen-bond acceptors (Lipinski definition) is 2. The summed E-state index contributed by atoms with van der Waals surface area (Å²) in [6, 6.07) is 0. The van der Waals surface area contributed by atoms with Crippen molar-refractivity contribution in [3.63, 3.8) is 0 Å². The minimum absolute atomic E-state index is 0.0721. The van der Waals surface area contributed by atoms with Gasteiger partial charge in [0.05, 0.1) is 17.5 Å². The van der Waals surface area contributed by atoms with Gasteiger partial charge in [-0.1, -0.05) is 13.3 Å². The highest BCUT2D eigenvalue weighted by Crippen LogP contribution is 2.43. The van der Waals surface area contributed by atoms with Crippen molar-refractivity contribution in [2.45, 2.75) is 58.4 Å². The number of nitrogens with one attached hydrogen (secondary N) is 1. The molecule has 1 aliphatic heterocycles. The van der Waals surface area contributed by atoms with Crippen molar-refractivity contribution in [1.82, 2.24) is 15.1 Å². The van der Waals surface area contributed by atoms with Crippen LogP contribution in [0.1, 0.15) is 61.5 Å². The van der Waals surface area contributed by atoms with Gasteiger partial charge in [-0.05, 0) is 43.9 Å². The fourth-order valence-corrected chi connectivity index (χ4v) is 3.31. The highest BCUT2D eigenvalue weighted by Gasteiger charge is 2.35. The standard InChI is InChI=1S/C15H23N3O/c1-2-15(7-5-8-15)11-16-14(19)12-10-17-18-9-4-3-6-13(12)18/h10H,2-9,11H2,1H3,(H,16,19). The molecule has 4 heteroatoms. The third-order valence-electron chi connectivity index (χ3n) is 5.01. The molecule has 0 saturated heterocycles. The second-order valence-electron chi connectivity index (χ2n) is 6.07. The lowest BCUT2D eigenvalue weighted by Gasteiger charge is -2.41. The van der Waals surface area contributed by atoms with Gasteiger partial charge in [0.1, 0.15) is 0 Å². The third kappa shape index (κ3) is 2.28. The number of carbonyl (C=O) groups excluding carboxylic acids is 1. The Morgan fingerprint density at radius 3 is 2.95 bits per heavy atom. The van der Waals surface area contributed by atoms with E-state index in [1.54, 1.807) is 6.20 Å². The Bertz CT molecular complexity index is 468. The van der Waals surface area contributed by atoms with Gasteiger partial charge in [-0.25, -0.2) is 0 Å². The monoisotopic (exact) mass is 261 g/mol. The molecule has 0 unspecified atom stereocenters. The van der Waals surface area contributed by atoms with Crippen LogP contribution in [0.5, 0.6) is 0 Å². The fourth-order valence-electron chi connectivity index (χ4n) is 3.31. The van der Waals surface area contributed by atoms with Gasteiger partial charge in [-0.2, -0.15) is 5.10 Å². The van der Waals surface area contributed by atoms with E-state index < -0.39 is 0 Å². The van der Waals surface area contributed by atoms with E-state index in [2.05, 4.69) is 17.3 Å². The minimum atomic E-state index is 0.0721. The molecule has 0 spiro atoms. The molecule has 1 saturated carbocycles. The summed E-state index contributed by atoms with van der Waals surface area (Å²) < 4.78 is 2.00. The first kappa shape index (κ1) is 12.7. The molecule has 0 aromatic carbocycles. The maximum atomic E-state index is 12.3. The summed E-state index contributed by atoms with van der Waals surface area (Å²) in [5, 5.41) is 7.47. The van der Waals surface area contributed by atoms with Crippen LogP contribution in [-0.2, 0) is 13.0 Å². The summed E-state index contributed by atoms with van der Waals surface area (Å²) in [5.74, 6) is 0.0721. The van der Waals surface area contributed by atoms with Crippen molar-refractivity contribution in [3.8, 4) is 0 Å². The topological polar surface area (TPSA) is 46.9 Å². The fraction of sp³-hybridized carbons (Fsp3) is 0.733. The van der Waals surface area contributed by atoms with Crippen LogP contribution >= 0.6 is 0 Å². The van der Waals surface area contributed by atoms with Crippen LogP contribution in [0.2, 0.25) is 0 Å². The van der Waals surface area contributed by atoms with Crippen LogP contribution in [0.4, 0.5) is 0 Å². The molecule has 2 aliphatic rings. The molecule has 104 valence electrons. The van der Waals surface area contributed by atoms with Gasteiger partial charge < -0.3 is 5.32 Å². The number of amides is 1. The van der Waals surface area contributed by atoms with Crippen LogP contribution in [0.3, 0.4) is 0 Å². The molecule has 0 radical (unpaired) electrons. The normalized spacial score (nSPS) is 20.5. The summed E-state index contributed by atoms with van der Waals surface area (Å²) in [5.41, 5.74) is 2.30. The molecule has 19 heavy (non-hydrogen) atoms. The Hall–Kier alpha value is -1.32. The molecule has 1 aromatic rings. The van der Waals surface area contributed by atoms with E-state index in [-0.39, 0.29) is 5.91 Å². The number of rotatable bonds is 4. The number of carbonyl (C=O) groups is 1. The van der Waals surface area contributed by atoms with Crippen LogP contribution in [-0.4, -0.2) is 22.2 Å². The number of nitrogens with zero attached hydrogens (tertiary/aromatic N) is 2. The predicted molar refractivity (Wildman–Crippen MR) is 74.1 cm³/mol. The third-order valence-corrected chi connectivity index (χ3v) is 5.01. The second-order valence-corrected chi connectivity index (χ2v) is 6.07. The number of fused-ring (bicyclic) bond motifs is 1. The van der Waals surface area contributed by atoms with Crippen LogP contribution in [0.15, 0.2) is 6.20 Å². The van der Waals surface area contributed by atoms with Gasteiger partial charge in [0, 0.05) is 13.1 Å². The molecule has 1 N–H and O–H groups in total. The largest absolute Gasteiger partial charge is 0.351 e. The first-order valence-electron chi connectivity index (χ1n) is 7.57. The van der Waals surface area contributed by atoms with E-state index >= 15 is 0 Å². The Morgan fingerprint density at radius 1 is 1.42 bits per heavy atom. The SMILES string of the molecule is CCC1(CNC(=O)c2cnn3c2CCCC3)CCC1.